The van der Waals surface area contributed by atoms with Gasteiger partial charge in [-0.1, -0.05) is 23.5 Å². The lowest BCUT2D eigenvalue weighted by Crippen LogP contribution is -1.71. The van der Waals surface area contributed by atoms with Gasteiger partial charge < -0.3 is 0 Å². The fourth-order valence-electron chi connectivity index (χ4n) is 1.20. The third-order valence-corrected chi connectivity index (χ3v) is 5.33. The molecule has 0 bridgehead atoms. The smallest absolute Gasteiger partial charge is 0.184 e. The van der Waals surface area contributed by atoms with E-state index in [0.29, 0.717) is 0 Å². The fourth-order valence-corrected chi connectivity index (χ4v) is 4.92. The van der Waals surface area contributed by atoms with Crippen molar-refractivity contribution >= 4 is 60.6 Å². The van der Waals surface area contributed by atoms with Crippen LogP contribution >= 0.6 is 50.4 Å². The highest BCUT2D eigenvalue weighted by Gasteiger charge is 2.08. The lowest BCUT2D eigenvalue weighted by Gasteiger charge is -1.85. The van der Waals surface area contributed by atoms with Crippen molar-refractivity contribution < 1.29 is 0 Å². The predicted molar refractivity (Wildman–Crippen MR) is 71.4 cm³/mol. The average molecular weight is 330 g/mol. The van der Waals surface area contributed by atoms with Gasteiger partial charge in [0.15, 0.2) is 12.6 Å². The fraction of sp³-hybridized carbons (Fsp3) is 0. The molecule has 3 rings (SSSR count). The first kappa shape index (κ1) is 10.6. The first-order chi connectivity index (χ1) is 7.81. The Balaban J connectivity index is 1.95. The Kier molecular flexibility index (Phi) is 2.93. The number of hydrogen-bond acceptors (Lipinski definition) is 6. The highest BCUT2D eigenvalue weighted by atomic mass is 79.9. The SMILES string of the molecule is Brc1nnc(Sc2nc3ccccc3s2)s1. The minimum absolute atomic E-state index is 0.802. The van der Waals surface area contributed by atoms with Gasteiger partial charge in [0.05, 0.1) is 10.2 Å². The first-order valence-corrected chi connectivity index (χ1v) is 7.58. The summed E-state index contributed by atoms with van der Waals surface area (Å²) in [5.74, 6) is 0. The molecule has 16 heavy (non-hydrogen) atoms. The van der Waals surface area contributed by atoms with Crippen LogP contribution in [0.5, 0.6) is 0 Å². The van der Waals surface area contributed by atoms with Crippen LogP contribution in [0.4, 0.5) is 0 Å². The summed E-state index contributed by atoms with van der Waals surface area (Å²) in [6, 6.07) is 8.12. The van der Waals surface area contributed by atoms with E-state index in [0.717, 1.165) is 18.1 Å². The van der Waals surface area contributed by atoms with Crippen molar-refractivity contribution in [2.75, 3.05) is 0 Å². The number of benzene rings is 1. The van der Waals surface area contributed by atoms with Crippen LogP contribution in [0, 0.1) is 0 Å². The Morgan fingerprint density at radius 3 is 2.69 bits per heavy atom. The lowest BCUT2D eigenvalue weighted by atomic mass is 10.3. The molecule has 3 aromatic rings. The third kappa shape index (κ3) is 2.13. The van der Waals surface area contributed by atoms with Crippen molar-refractivity contribution in [3.05, 3.63) is 28.2 Å². The van der Waals surface area contributed by atoms with Gasteiger partial charge in [-0.15, -0.1) is 21.5 Å². The molecular weight excluding hydrogens is 326 g/mol. The molecule has 0 spiro atoms. The van der Waals surface area contributed by atoms with E-state index in [1.807, 2.05) is 18.2 Å². The second-order valence-electron chi connectivity index (χ2n) is 2.87. The zero-order valence-electron chi connectivity index (χ0n) is 7.75. The largest absolute Gasteiger partial charge is 0.229 e. The minimum atomic E-state index is 0.802. The summed E-state index contributed by atoms with van der Waals surface area (Å²) in [7, 11) is 0. The zero-order chi connectivity index (χ0) is 11.0. The number of thiazole rings is 1. The number of halogens is 1. The Labute approximate surface area is 112 Å². The Bertz CT molecular complexity index is 601. The molecule has 0 atom stereocenters. The zero-order valence-corrected chi connectivity index (χ0v) is 11.8. The van der Waals surface area contributed by atoms with E-state index >= 15 is 0 Å². The van der Waals surface area contributed by atoms with E-state index in [1.54, 1.807) is 23.1 Å². The van der Waals surface area contributed by atoms with Crippen LogP contribution in [0.3, 0.4) is 0 Å². The molecule has 7 heteroatoms. The van der Waals surface area contributed by atoms with Gasteiger partial charge in [-0.05, 0) is 39.8 Å². The van der Waals surface area contributed by atoms with Gasteiger partial charge in [0.1, 0.15) is 0 Å². The number of aromatic nitrogens is 3. The van der Waals surface area contributed by atoms with E-state index in [1.165, 1.54) is 16.0 Å². The Morgan fingerprint density at radius 1 is 1.06 bits per heavy atom. The molecule has 3 nitrogen and oxygen atoms in total. The van der Waals surface area contributed by atoms with Crippen molar-refractivity contribution in [2.24, 2.45) is 0 Å². The molecule has 0 radical (unpaired) electrons. The molecule has 0 amide bonds. The van der Waals surface area contributed by atoms with Crippen LogP contribution in [-0.2, 0) is 0 Å². The average Bonchev–Trinajstić information content (AvgIpc) is 2.84. The lowest BCUT2D eigenvalue weighted by molar-refractivity contribution is 0.996. The van der Waals surface area contributed by atoms with Crippen LogP contribution in [0.15, 0.2) is 36.9 Å². The number of fused-ring (bicyclic) bond motifs is 1. The molecule has 0 unspecified atom stereocenters. The molecule has 80 valence electrons. The monoisotopic (exact) mass is 329 g/mol. The number of para-hydroxylation sites is 1. The second-order valence-corrected chi connectivity index (χ2v) is 7.65. The molecular formula is C9H4BrN3S3. The summed E-state index contributed by atoms with van der Waals surface area (Å²) in [6.07, 6.45) is 0. The van der Waals surface area contributed by atoms with Crippen LogP contribution in [0.25, 0.3) is 10.2 Å². The Hall–Kier alpha value is -0.500. The molecule has 0 saturated carbocycles. The van der Waals surface area contributed by atoms with Crippen LogP contribution < -0.4 is 0 Å². The van der Waals surface area contributed by atoms with E-state index in [4.69, 9.17) is 0 Å². The van der Waals surface area contributed by atoms with Crippen molar-refractivity contribution in [1.82, 2.24) is 15.2 Å². The van der Waals surface area contributed by atoms with Crippen LogP contribution in [0.2, 0.25) is 0 Å². The third-order valence-electron chi connectivity index (χ3n) is 1.83. The second kappa shape index (κ2) is 4.40. The van der Waals surface area contributed by atoms with Crippen LogP contribution in [0.1, 0.15) is 0 Å². The predicted octanol–water partition coefficient (Wildman–Crippen LogP) is 4.06. The van der Waals surface area contributed by atoms with E-state index in [-0.39, 0.29) is 0 Å². The molecule has 0 fully saturated rings. The van der Waals surface area contributed by atoms with E-state index in [9.17, 15) is 0 Å². The van der Waals surface area contributed by atoms with Gasteiger partial charge in [-0.2, -0.15) is 0 Å². The summed E-state index contributed by atoms with van der Waals surface area (Å²) in [5.41, 5.74) is 1.04. The summed E-state index contributed by atoms with van der Waals surface area (Å²) >= 11 is 8.04. The van der Waals surface area contributed by atoms with Crippen LogP contribution in [-0.4, -0.2) is 15.2 Å². The normalized spacial score (nSPS) is 11.1. The van der Waals surface area contributed by atoms with Gasteiger partial charge in [-0.25, -0.2) is 4.98 Å². The summed E-state index contributed by atoms with van der Waals surface area (Å²) in [4.78, 5) is 4.52. The van der Waals surface area contributed by atoms with Crippen molar-refractivity contribution in [3.63, 3.8) is 0 Å². The van der Waals surface area contributed by atoms with Gasteiger partial charge in [0.25, 0.3) is 0 Å². The topological polar surface area (TPSA) is 38.7 Å². The quantitative estimate of drug-likeness (QED) is 0.710. The maximum absolute atomic E-state index is 4.52. The van der Waals surface area contributed by atoms with Gasteiger partial charge in [-0.3, -0.25) is 0 Å². The van der Waals surface area contributed by atoms with Crippen molar-refractivity contribution in [3.8, 4) is 0 Å². The number of nitrogens with zero attached hydrogens (tertiary/aromatic N) is 3. The van der Waals surface area contributed by atoms with Gasteiger partial charge in [0.2, 0.25) is 0 Å². The van der Waals surface area contributed by atoms with Crippen molar-refractivity contribution in [2.45, 2.75) is 8.68 Å². The number of hydrogen-bond donors (Lipinski definition) is 0. The summed E-state index contributed by atoms with van der Waals surface area (Å²) < 4.78 is 3.92. The maximum atomic E-state index is 4.52. The molecule has 0 aliphatic rings. The minimum Gasteiger partial charge on any atom is -0.229 e. The maximum Gasteiger partial charge on any atom is 0.184 e. The summed E-state index contributed by atoms with van der Waals surface area (Å²) in [6.45, 7) is 0. The van der Waals surface area contributed by atoms with E-state index < -0.39 is 0 Å². The molecule has 1 aromatic carbocycles. The molecule has 2 aromatic heterocycles. The summed E-state index contributed by atoms with van der Waals surface area (Å²) in [5, 5.41) is 7.94. The van der Waals surface area contributed by atoms with Gasteiger partial charge >= 0.3 is 0 Å². The Morgan fingerprint density at radius 2 is 1.94 bits per heavy atom. The standard InChI is InChI=1S/C9H4BrN3S3/c10-7-12-13-9(15-7)16-8-11-5-3-1-2-4-6(5)14-8/h1-4H. The molecule has 0 saturated heterocycles. The highest BCUT2D eigenvalue weighted by molar-refractivity contribution is 9.11. The molecule has 0 aliphatic carbocycles. The molecule has 0 aliphatic heterocycles. The van der Waals surface area contributed by atoms with Crippen molar-refractivity contribution in [1.29, 1.82) is 0 Å². The van der Waals surface area contributed by atoms with E-state index in [2.05, 4.69) is 37.2 Å². The first-order valence-electron chi connectivity index (χ1n) is 4.34. The van der Waals surface area contributed by atoms with Gasteiger partial charge in [0, 0.05) is 0 Å². The number of rotatable bonds is 2. The highest BCUT2D eigenvalue weighted by Crippen LogP contribution is 2.36. The molecule has 2 heterocycles. The molecule has 0 N–H and O–H groups in total.